The van der Waals surface area contributed by atoms with E-state index < -0.39 is 17.8 Å². The maximum Gasteiger partial charge on any atom is 0.341 e. The molecule has 7 nitrogen and oxygen atoms in total. The highest BCUT2D eigenvalue weighted by Gasteiger charge is 2.26. The number of hydrogen-bond acceptors (Lipinski definition) is 6. The first-order chi connectivity index (χ1) is 11.4. The number of carbonyl (C=O) groups excluding carboxylic acids is 3. The Kier molecular flexibility index (Phi) is 5.53. The molecule has 0 fully saturated rings. The van der Waals surface area contributed by atoms with E-state index in [4.69, 9.17) is 22.1 Å². The Morgan fingerprint density at radius 3 is 2.71 bits per heavy atom. The first-order valence-electron chi connectivity index (χ1n) is 6.89. The number of pyridine rings is 1. The van der Waals surface area contributed by atoms with E-state index in [2.05, 4.69) is 10.3 Å². The zero-order valence-electron chi connectivity index (χ0n) is 12.9. The topological polar surface area (TPSA) is 111 Å². The lowest BCUT2D eigenvalue weighted by Crippen LogP contribution is -2.15. The average molecular weight is 368 g/mol. The van der Waals surface area contributed by atoms with Crippen LogP contribution in [-0.4, -0.2) is 29.4 Å². The number of esters is 1. The van der Waals surface area contributed by atoms with Gasteiger partial charge in [0.05, 0.1) is 22.6 Å². The van der Waals surface area contributed by atoms with E-state index in [-0.39, 0.29) is 32.8 Å². The molecular weight excluding hydrogens is 354 g/mol. The summed E-state index contributed by atoms with van der Waals surface area (Å²) in [5.74, 6) is -1.90. The fourth-order valence-electron chi connectivity index (χ4n) is 2.01. The molecule has 24 heavy (non-hydrogen) atoms. The number of aromatic nitrogens is 1. The van der Waals surface area contributed by atoms with E-state index in [0.29, 0.717) is 5.56 Å². The van der Waals surface area contributed by atoms with Gasteiger partial charge in [0.15, 0.2) is 0 Å². The number of anilines is 1. The van der Waals surface area contributed by atoms with Crippen molar-refractivity contribution in [3.05, 3.63) is 45.1 Å². The van der Waals surface area contributed by atoms with Crippen LogP contribution in [0.4, 0.5) is 5.00 Å². The standard InChI is InChI=1S/C15H14ClN3O4S/c1-3-23-15(22)9-7(2)10(12(17)20)24-14(9)19-13(21)8-5-4-6-18-11(8)16/h4-6H,3H2,1-2H3,(H2,17,20)(H,19,21). The Morgan fingerprint density at radius 2 is 2.12 bits per heavy atom. The highest BCUT2D eigenvalue weighted by Crippen LogP contribution is 2.34. The first kappa shape index (κ1) is 17.9. The largest absolute Gasteiger partial charge is 0.462 e. The van der Waals surface area contributed by atoms with Crippen LogP contribution in [-0.2, 0) is 4.74 Å². The van der Waals surface area contributed by atoms with Crippen molar-refractivity contribution in [3.8, 4) is 0 Å². The molecule has 0 aromatic carbocycles. The van der Waals surface area contributed by atoms with Gasteiger partial charge in [-0.15, -0.1) is 11.3 Å². The van der Waals surface area contributed by atoms with E-state index in [1.54, 1.807) is 19.9 Å². The smallest absolute Gasteiger partial charge is 0.341 e. The number of thiophene rings is 1. The van der Waals surface area contributed by atoms with Gasteiger partial charge in [0, 0.05) is 6.20 Å². The summed E-state index contributed by atoms with van der Waals surface area (Å²) in [6, 6.07) is 3.05. The molecule has 0 atom stereocenters. The van der Waals surface area contributed by atoms with Crippen LogP contribution < -0.4 is 11.1 Å². The molecule has 0 saturated heterocycles. The van der Waals surface area contributed by atoms with Crippen molar-refractivity contribution in [2.75, 3.05) is 11.9 Å². The minimum atomic E-state index is -0.692. The molecule has 0 radical (unpaired) electrons. The van der Waals surface area contributed by atoms with E-state index in [1.807, 2.05) is 0 Å². The number of primary amides is 1. The predicted molar refractivity (Wildman–Crippen MR) is 90.7 cm³/mol. The van der Waals surface area contributed by atoms with Crippen molar-refractivity contribution in [1.29, 1.82) is 0 Å². The van der Waals surface area contributed by atoms with Gasteiger partial charge in [0.25, 0.3) is 11.8 Å². The Hall–Kier alpha value is -2.45. The van der Waals surface area contributed by atoms with Crippen molar-refractivity contribution in [3.63, 3.8) is 0 Å². The summed E-state index contributed by atoms with van der Waals surface area (Å²) in [7, 11) is 0. The molecule has 9 heteroatoms. The van der Waals surface area contributed by atoms with Crippen LogP contribution in [0.15, 0.2) is 18.3 Å². The number of rotatable bonds is 5. The summed E-state index contributed by atoms with van der Waals surface area (Å²) in [6.07, 6.45) is 1.45. The quantitative estimate of drug-likeness (QED) is 0.623. The molecule has 0 unspecified atom stereocenters. The molecule has 2 heterocycles. The molecular formula is C15H14ClN3O4S. The molecule has 0 saturated carbocycles. The third-order valence-corrected chi connectivity index (χ3v) is 4.60. The molecule has 126 valence electrons. The molecule has 0 spiro atoms. The SMILES string of the molecule is CCOC(=O)c1c(NC(=O)c2cccnc2Cl)sc(C(N)=O)c1C. The lowest BCUT2D eigenvalue weighted by molar-refractivity contribution is 0.0527. The Balaban J connectivity index is 2.44. The van der Waals surface area contributed by atoms with E-state index in [1.165, 1.54) is 12.3 Å². The minimum absolute atomic E-state index is 0.0242. The molecule has 0 aliphatic rings. The zero-order chi connectivity index (χ0) is 17.9. The molecule has 2 aromatic rings. The second-order valence-corrected chi connectivity index (χ2v) is 6.02. The molecule has 0 aliphatic carbocycles. The molecule has 0 aliphatic heterocycles. The highest BCUT2D eigenvalue weighted by atomic mass is 35.5. The number of ether oxygens (including phenoxy) is 1. The van der Waals surface area contributed by atoms with Crippen molar-refractivity contribution in [2.24, 2.45) is 5.73 Å². The number of nitrogens with one attached hydrogen (secondary N) is 1. The van der Waals surface area contributed by atoms with Gasteiger partial charge >= 0.3 is 5.97 Å². The summed E-state index contributed by atoms with van der Waals surface area (Å²) < 4.78 is 4.98. The Labute approximate surface area is 146 Å². The van der Waals surface area contributed by atoms with E-state index in [9.17, 15) is 14.4 Å². The van der Waals surface area contributed by atoms with Gasteiger partial charge < -0.3 is 15.8 Å². The van der Waals surface area contributed by atoms with Gasteiger partial charge in [-0.1, -0.05) is 11.6 Å². The van der Waals surface area contributed by atoms with Crippen LogP contribution in [0.5, 0.6) is 0 Å². The molecule has 2 amide bonds. The summed E-state index contributed by atoms with van der Waals surface area (Å²) in [5, 5.41) is 2.76. The third kappa shape index (κ3) is 3.55. The van der Waals surface area contributed by atoms with Crippen molar-refractivity contribution >= 4 is 45.7 Å². The van der Waals surface area contributed by atoms with Crippen molar-refractivity contribution < 1.29 is 19.1 Å². The van der Waals surface area contributed by atoms with Gasteiger partial charge in [0.2, 0.25) is 0 Å². The number of hydrogen-bond donors (Lipinski definition) is 2. The average Bonchev–Trinajstić information content (AvgIpc) is 2.84. The molecule has 2 aromatic heterocycles. The second kappa shape index (κ2) is 7.41. The maximum absolute atomic E-state index is 12.4. The first-order valence-corrected chi connectivity index (χ1v) is 8.08. The van der Waals surface area contributed by atoms with Crippen molar-refractivity contribution in [2.45, 2.75) is 13.8 Å². The van der Waals surface area contributed by atoms with Crippen LogP contribution >= 0.6 is 22.9 Å². The summed E-state index contributed by atoms with van der Waals surface area (Å²) >= 11 is 6.80. The van der Waals surface area contributed by atoms with Gasteiger partial charge in [0.1, 0.15) is 10.2 Å². The Morgan fingerprint density at radius 1 is 1.42 bits per heavy atom. The summed E-state index contributed by atoms with van der Waals surface area (Å²) in [6.45, 7) is 3.37. The van der Waals surface area contributed by atoms with Crippen LogP contribution in [0.2, 0.25) is 5.15 Å². The van der Waals surface area contributed by atoms with Crippen LogP contribution in [0.3, 0.4) is 0 Å². The van der Waals surface area contributed by atoms with Crippen LogP contribution in [0.25, 0.3) is 0 Å². The van der Waals surface area contributed by atoms with Crippen molar-refractivity contribution in [1.82, 2.24) is 4.98 Å². The number of nitrogens with two attached hydrogens (primary N) is 1. The fourth-order valence-corrected chi connectivity index (χ4v) is 3.26. The lowest BCUT2D eigenvalue weighted by Gasteiger charge is -2.07. The third-order valence-electron chi connectivity index (χ3n) is 3.08. The maximum atomic E-state index is 12.4. The van der Waals surface area contributed by atoms with Crippen LogP contribution in [0.1, 0.15) is 42.9 Å². The van der Waals surface area contributed by atoms with Gasteiger partial charge in [-0.3, -0.25) is 9.59 Å². The predicted octanol–water partition coefficient (Wildman–Crippen LogP) is 2.63. The second-order valence-electron chi connectivity index (χ2n) is 4.64. The van der Waals surface area contributed by atoms with E-state index >= 15 is 0 Å². The normalized spacial score (nSPS) is 10.3. The number of carbonyl (C=O) groups is 3. The zero-order valence-corrected chi connectivity index (χ0v) is 14.5. The molecule has 3 N–H and O–H groups in total. The van der Waals surface area contributed by atoms with Gasteiger partial charge in [-0.2, -0.15) is 0 Å². The summed E-state index contributed by atoms with van der Waals surface area (Å²) in [5.41, 5.74) is 5.91. The molecule has 2 rings (SSSR count). The van der Waals surface area contributed by atoms with E-state index in [0.717, 1.165) is 11.3 Å². The van der Waals surface area contributed by atoms with Gasteiger partial charge in [-0.05, 0) is 31.5 Å². The number of nitrogens with zero attached hydrogens (tertiary/aromatic N) is 1. The number of halogens is 1. The fraction of sp³-hybridized carbons (Fsp3) is 0.200. The Bertz CT molecular complexity index is 819. The molecule has 0 bridgehead atoms. The highest BCUT2D eigenvalue weighted by molar-refractivity contribution is 7.18. The summed E-state index contributed by atoms with van der Waals surface area (Å²) in [4.78, 5) is 40.0. The lowest BCUT2D eigenvalue weighted by atomic mass is 10.1. The van der Waals surface area contributed by atoms with Crippen LogP contribution in [0, 0.1) is 6.92 Å². The monoisotopic (exact) mass is 367 g/mol. The van der Waals surface area contributed by atoms with Gasteiger partial charge in [-0.25, -0.2) is 9.78 Å². The minimum Gasteiger partial charge on any atom is -0.462 e. The number of amides is 2.